The zero-order valence-corrected chi connectivity index (χ0v) is 10.7. The molecule has 0 spiro atoms. The van der Waals surface area contributed by atoms with Crippen LogP contribution in [0.4, 0.5) is 0 Å². The first kappa shape index (κ1) is 15.3. The molecule has 7 heteroatoms. The van der Waals surface area contributed by atoms with Crippen molar-refractivity contribution in [2.24, 2.45) is 5.41 Å². The van der Waals surface area contributed by atoms with Crippen molar-refractivity contribution in [3.63, 3.8) is 0 Å². The zero-order valence-electron chi connectivity index (χ0n) is 10.7. The second kappa shape index (κ2) is 5.10. The van der Waals surface area contributed by atoms with E-state index < -0.39 is 48.7 Å². The average Bonchev–Trinajstić information content (AvgIpc) is 2.53. The van der Waals surface area contributed by atoms with Crippen LogP contribution in [0, 0.1) is 5.41 Å². The number of ether oxygens (including phenoxy) is 2. The number of esters is 1. The molecule has 0 aliphatic carbocycles. The number of aliphatic hydroxyl groups excluding tert-OH is 4. The summed E-state index contributed by atoms with van der Waals surface area (Å²) < 4.78 is 10.1. The lowest BCUT2D eigenvalue weighted by molar-refractivity contribution is -0.269. The van der Waals surface area contributed by atoms with Crippen LogP contribution in [0.25, 0.3) is 0 Å². The summed E-state index contributed by atoms with van der Waals surface area (Å²) in [4.78, 5) is 11.8. The molecule has 0 bridgehead atoms. The van der Waals surface area contributed by atoms with E-state index in [2.05, 4.69) is 0 Å². The van der Waals surface area contributed by atoms with Gasteiger partial charge in [-0.2, -0.15) is 0 Å². The van der Waals surface area contributed by atoms with E-state index in [1.165, 1.54) is 0 Å². The maximum absolute atomic E-state index is 11.8. The highest BCUT2D eigenvalue weighted by molar-refractivity contribution is 5.75. The van der Waals surface area contributed by atoms with E-state index in [1.54, 1.807) is 20.8 Å². The van der Waals surface area contributed by atoms with Crippen molar-refractivity contribution in [3.05, 3.63) is 0 Å². The normalized spacial score (nSPS) is 36.7. The Kier molecular flexibility index (Phi) is 4.34. The minimum absolute atomic E-state index is 0.562. The first-order valence-corrected chi connectivity index (χ1v) is 5.67. The number of carbonyl (C=O) groups excluding carboxylic acids is 1. The molecule has 1 rings (SSSR count). The molecule has 0 unspecified atom stereocenters. The summed E-state index contributed by atoms with van der Waals surface area (Å²) >= 11 is 0. The third-order valence-electron chi connectivity index (χ3n) is 2.78. The van der Waals surface area contributed by atoms with Gasteiger partial charge < -0.3 is 29.9 Å². The smallest absolute Gasteiger partial charge is 0.313 e. The van der Waals surface area contributed by atoms with E-state index in [0.717, 1.165) is 0 Å². The van der Waals surface area contributed by atoms with Crippen molar-refractivity contribution in [1.82, 2.24) is 0 Å². The van der Waals surface area contributed by atoms with E-state index in [9.17, 15) is 20.1 Å². The minimum atomic E-state index is -2.03. The first-order chi connectivity index (χ1) is 8.18. The maximum atomic E-state index is 11.8. The zero-order chi connectivity index (χ0) is 14.1. The van der Waals surface area contributed by atoms with E-state index in [-0.39, 0.29) is 0 Å². The van der Waals surface area contributed by atoms with E-state index in [1.807, 2.05) is 0 Å². The second-order valence-corrected chi connectivity index (χ2v) is 5.38. The molecule has 0 saturated carbocycles. The van der Waals surface area contributed by atoms with Crippen LogP contribution in [0.2, 0.25) is 0 Å². The third kappa shape index (κ3) is 2.65. The molecule has 4 atom stereocenters. The van der Waals surface area contributed by atoms with Crippen molar-refractivity contribution in [3.8, 4) is 0 Å². The number of hydrogen-bond acceptors (Lipinski definition) is 7. The molecule has 1 saturated heterocycles. The molecule has 0 aromatic carbocycles. The molecule has 0 radical (unpaired) electrons. The van der Waals surface area contributed by atoms with Gasteiger partial charge in [0.05, 0.1) is 12.0 Å². The molecule has 106 valence electrons. The fourth-order valence-corrected chi connectivity index (χ4v) is 1.56. The van der Waals surface area contributed by atoms with Crippen LogP contribution >= 0.6 is 0 Å². The predicted molar refractivity (Wildman–Crippen MR) is 59.3 cm³/mol. The van der Waals surface area contributed by atoms with E-state index in [4.69, 9.17) is 14.6 Å². The van der Waals surface area contributed by atoms with Crippen LogP contribution in [0.15, 0.2) is 0 Å². The highest BCUT2D eigenvalue weighted by Gasteiger charge is 2.57. The van der Waals surface area contributed by atoms with Gasteiger partial charge in [0, 0.05) is 0 Å². The summed E-state index contributed by atoms with van der Waals surface area (Å²) in [5, 5.41) is 37.6. The standard InChI is InChI=1S/C11H20O7/c1-10(2,3)9(16)18-11(5-13)8(15)7(14)6(4-12)17-11/h6-8,12-15H,4-5H2,1-3H3/t6-,7-,8+,11-/m1/s1. The lowest BCUT2D eigenvalue weighted by atomic mass is 9.97. The van der Waals surface area contributed by atoms with Crippen LogP contribution < -0.4 is 0 Å². The Hall–Kier alpha value is -0.730. The number of hydrogen-bond donors (Lipinski definition) is 4. The maximum Gasteiger partial charge on any atom is 0.313 e. The molecule has 1 aliphatic heterocycles. The molecule has 4 N–H and O–H groups in total. The van der Waals surface area contributed by atoms with Gasteiger partial charge >= 0.3 is 5.97 Å². The van der Waals surface area contributed by atoms with Crippen LogP contribution in [0.3, 0.4) is 0 Å². The summed E-state index contributed by atoms with van der Waals surface area (Å²) in [6.07, 6.45) is -4.17. The van der Waals surface area contributed by atoms with Gasteiger partial charge in [-0.15, -0.1) is 0 Å². The Labute approximate surface area is 105 Å². The summed E-state index contributed by atoms with van der Waals surface area (Å²) in [5.41, 5.74) is -0.854. The van der Waals surface area contributed by atoms with Gasteiger partial charge in [-0.3, -0.25) is 4.79 Å². The summed E-state index contributed by atoms with van der Waals surface area (Å²) in [7, 11) is 0. The van der Waals surface area contributed by atoms with E-state index in [0.29, 0.717) is 0 Å². The Balaban J connectivity index is 2.91. The lowest BCUT2D eigenvalue weighted by Gasteiger charge is -2.32. The molecule has 1 heterocycles. The van der Waals surface area contributed by atoms with Gasteiger partial charge in [-0.1, -0.05) is 0 Å². The Morgan fingerprint density at radius 1 is 1.33 bits per heavy atom. The van der Waals surface area contributed by atoms with Crippen molar-refractivity contribution < 1.29 is 34.7 Å². The van der Waals surface area contributed by atoms with Crippen molar-refractivity contribution in [2.45, 2.75) is 44.9 Å². The average molecular weight is 264 g/mol. The molecule has 0 aromatic heterocycles. The highest BCUT2D eigenvalue weighted by Crippen LogP contribution is 2.34. The fourth-order valence-electron chi connectivity index (χ4n) is 1.56. The molecular weight excluding hydrogens is 244 g/mol. The Bertz CT molecular complexity index is 311. The van der Waals surface area contributed by atoms with E-state index >= 15 is 0 Å². The van der Waals surface area contributed by atoms with Crippen molar-refractivity contribution >= 4 is 5.97 Å². The molecule has 0 aromatic rings. The Morgan fingerprint density at radius 3 is 2.22 bits per heavy atom. The first-order valence-electron chi connectivity index (χ1n) is 5.67. The van der Waals surface area contributed by atoms with Gasteiger partial charge in [-0.05, 0) is 20.8 Å². The van der Waals surface area contributed by atoms with Gasteiger partial charge in [0.25, 0.3) is 5.79 Å². The van der Waals surface area contributed by atoms with Crippen LogP contribution in [0.5, 0.6) is 0 Å². The highest BCUT2D eigenvalue weighted by atomic mass is 16.8. The monoisotopic (exact) mass is 264 g/mol. The van der Waals surface area contributed by atoms with Crippen LogP contribution in [0.1, 0.15) is 20.8 Å². The lowest BCUT2D eigenvalue weighted by Crippen LogP contribution is -2.51. The van der Waals surface area contributed by atoms with Gasteiger partial charge in [0.15, 0.2) is 6.10 Å². The largest absolute Gasteiger partial charge is 0.427 e. The van der Waals surface area contributed by atoms with Crippen molar-refractivity contribution in [2.75, 3.05) is 13.2 Å². The topological polar surface area (TPSA) is 116 Å². The molecule has 1 fully saturated rings. The minimum Gasteiger partial charge on any atom is -0.427 e. The Morgan fingerprint density at radius 2 is 1.89 bits per heavy atom. The second-order valence-electron chi connectivity index (χ2n) is 5.38. The van der Waals surface area contributed by atoms with Crippen LogP contribution in [-0.4, -0.2) is 63.7 Å². The molecule has 7 nitrogen and oxygen atoms in total. The quantitative estimate of drug-likeness (QED) is 0.452. The number of carbonyl (C=O) groups is 1. The predicted octanol–water partition coefficient (Wildman–Crippen LogP) is -1.62. The van der Waals surface area contributed by atoms with Crippen LogP contribution in [-0.2, 0) is 14.3 Å². The number of rotatable bonds is 3. The molecule has 1 aliphatic rings. The molecular formula is C11H20O7. The van der Waals surface area contributed by atoms with Gasteiger partial charge in [-0.25, -0.2) is 0 Å². The van der Waals surface area contributed by atoms with Crippen molar-refractivity contribution in [1.29, 1.82) is 0 Å². The molecule has 18 heavy (non-hydrogen) atoms. The summed E-state index contributed by atoms with van der Waals surface area (Å²) in [6, 6.07) is 0. The SMILES string of the molecule is CC(C)(C)C(=O)O[C@@]1(CO)O[C@H](CO)[C@@H](O)[C@@H]1O. The number of aliphatic hydroxyl groups is 4. The van der Waals surface area contributed by atoms with Gasteiger partial charge in [0.1, 0.15) is 18.8 Å². The van der Waals surface area contributed by atoms with Gasteiger partial charge in [0.2, 0.25) is 0 Å². The molecule has 0 amide bonds. The third-order valence-corrected chi connectivity index (χ3v) is 2.78. The summed E-state index contributed by atoms with van der Waals surface area (Å²) in [5.74, 6) is -2.72. The summed E-state index contributed by atoms with van der Waals surface area (Å²) in [6.45, 7) is 3.42. The fraction of sp³-hybridized carbons (Fsp3) is 0.909.